The van der Waals surface area contributed by atoms with Crippen molar-refractivity contribution in [1.29, 1.82) is 0 Å². The SMILES string of the molecule is CCOc1nc(N(CC)CC(C)C)ccc1N. The molecule has 0 aromatic carbocycles. The molecule has 4 nitrogen and oxygen atoms in total. The maximum Gasteiger partial charge on any atom is 0.239 e. The van der Waals surface area contributed by atoms with E-state index in [1.165, 1.54) is 0 Å². The number of pyridine rings is 1. The lowest BCUT2D eigenvalue weighted by atomic mass is 10.2. The highest BCUT2D eigenvalue weighted by atomic mass is 16.5. The summed E-state index contributed by atoms with van der Waals surface area (Å²) in [6, 6.07) is 3.81. The van der Waals surface area contributed by atoms with Crippen LogP contribution in [0, 0.1) is 5.92 Å². The van der Waals surface area contributed by atoms with Crippen LogP contribution in [0.4, 0.5) is 11.5 Å². The number of hydrogen-bond donors (Lipinski definition) is 1. The molecule has 4 heteroatoms. The van der Waals surface area contributed by atoms with Gasteiger partial charge in [0.2, 0.25) is 5.88 Å². The third-order valence-electron chi connectivity index (χ3n) is 2.45. The molecule has 0 atom stereocenters. The fourth-order valence-electron chi connectivity index (χ4n) is 1.70. The van der Waals surface area contributed by atoms with Crippen molar-refractivity contribution in [2.75, 3.05) is 30.3 Å². The van der Waals surface area contributed by atoms with Gasteiger partial charge in [0.25, 0.3) is 0 Å². The predicted octanol–water partition coefficient (Wildman–Crippen LogP) is 2.54. The van der Waals surface area contributed by atoms with Crippen molar-refractivity contribution >= 4 is 11.5 Å². The minimum Gasteiger partial charge on any atom is -0.476 e. The van der Waals surface area contributed by atoms with Crippen LogP contribution in [0.25, 0.3) is 0 Å². The van der Waals surface area contributed by atoms with E-state index in [1.807, 2.05) is 19.1 Å². The van der Waals surface area contributed by atoms with Gasteiger partial charge in [-0.15, -0.1) is 0 Å². The molecular formula is C13H23N3O. The van der Waals surface area contributed by atoms with E-state index in [0.717, 1.165) is 18.9 Å². The molecular weight excluding hydrogens is 214 g/mol. The predicted molar refractivity (Wildman–Crippen MR) is 72.5 cm³/mol. The molecule has 0 amide bonds. The Morgan fingerprint density at radius 2 is 2.06 bits per heavy atom. The molecule has 1 heterocycles. The molecule has 0 saturated carbocycles. The summed E-state index contributed by atoms with van der Waals surface area (Å²) in [7, 11) is 0. The highest BCUT2D eigenvalue weighted by Crippen LogP contribution is 2.23. The third kappa shape index (κ3) is 3.80. The number of rotatable bonds is 6. The van der Waals surface area contributed by atoms with Crippen molar-refractivity contribution in [3.8, 4) is 5.88 Å². The zero-order valence-corrected chi connectivity index (χ0v) is 11.2. The van der Waals surface area contributed by atoms with Crippen LogP contribution in [0.15, 0.2) is 12.1 Å². The first-order valence-electron chi connectivity index (χ1n) is 6.22. The Kier molecular flexibility index (Phi) is 5.07. The Hall–Kier alpha value is -1.45. The molecule has 1 aromatic heterocycles. The largest absolute Gasteiger partial charge is 0.476 e. The van der Waals surface area contributed by atoms with Gasteiger partial charge in [0, 0.05) is 13.1 Å². The normalized spacial score (nSPS) is 10.6. The number of nitrogen functional groups attached to an aromatic ring is 1. The monoisotopic (exact) mass is 237 g/mol. The Morgan fingerprint density at radius 1 is 1.35 bits per heavy atom. The molecule has 17 heavy (non-hydrogen) atoms. The van der Waals surface area contributed by atoms with Gasteiger partial charge in [-0.3, -0.25) is 0 Å². The first-order chi connectivity index (χ1) is 8.08. The van der Waals surface area contributed by atoms with Crippen LogP contribution in [-0.2, 0) is 0 Å². The van der Waals surface area contributed by atoms with Gasteiger partial charge in [0.1, 0.15) is 5.82 Å². The average Bonchev–Trinajstić information content (AvgIpc) is 2.29. The minimum absolute atomic E-state index is 0.534. The summed E-state index contributed by atoms with van der Waals surface area (Å²) in [4.78, 5) is 6.69. The molecule has 0 saturated heterocycles. The second kappa shape index (κ2) is 6.33. The van der Waals surface area contributed by atoms with E-state index >= 15 is 0 Å². The van der Waals surface area contributed by atoms with Crippen LogP contribution in [0.5, 0.6) is 5.88 Å². The highest BCUT2D eigenvalue weighted by molar-refractivity contribution is 5.54. The maximum absolute atomic E-state index is 5.81. The van der Waals surface area contributed by atoms with E-state index in [4.69, 9.17) is 10.5 Å². The average molecular weight is 237 g/mol. The fourth-order valence-corrected chi connectivity index (χ4v) is 1.70. The Bertz CT molecular complexity index is 353. The second-order valence-corrected chi connectivity index (χ2v) is 4.43. The molecule has 0 spiro atoms. The summed E-state index contributed by atoms with van der Waals surface area (Å²) in [5, 5.41) is 0. The maximum atomic E-state index is 5.81. The van der Waals surface area contributed by atoms with Gasteiger partial charge in [0.15, 0.2) is 0 Å². The zero-order valence-electron chi connectivity index (χ0n) is 11.2. The summed E-state index contributed by atoms with van der Waals surface area (Å²) in [6.45, 7) is 10.9. The third-order valence-corrected chi connectivity index (χ3v) is 2.45. The Labute approximate surface area is 104 Å². The summed E-state index contributed by atoms with van der Waals surface area (Å²) < 4.78 is 5.41. The molecule has 0 aliphatic heterocycles. The summed E-state index contributed by atoms with van der Waals surface area (Å²) in [5.41, 5.74) is 6.41. The fraction of sp³-hybridized carbons (Fsp3) is 0.615. The molecule has 96 valence electrons. The van der Waals surface area contributed by atoms with E-state index in [1.54, 1.807) is 0 Å². The van der Waals surface area contributed by atoms with Crippen LogP contribution in [0.3, 0.4) is 0 Å². The highest BCUT2D eigenvalue weighted by Gasteiger charge is 2.10. The van der Waals surface area contributed by atoms with Crippen molar-refractivity contribution in [3.63, 3.8) is 0 Å². The second-order valence-electron chi connectivity index (χ2n) is 4.43. The molecule has 0 fully saturated rings. The first kappa shape index (κ1) is 13.6. The van der Waals surface area contributed by atoms with Gasteiger partial charge in [-0.2, -0.15) is 4.98 Å². The molecule has 1 rings (SSSR count). The quantitative estimate of drug-likeness (QED) is 0.826. The van der Waals surface area contributed by atoms with Crippen LogP contribution in [-0.4, -0.2) is 24.7 Å². The van der Waals surface area contributed by atoms with E-state index in [9.17, 15) is 0 Å². The zero-order chi connectivity index (χ0) is 12.8. The summed E-state index contributed by atoms with van der Waals surface area (Å²) in [6.07, 6.45) is 0. The van der Waals surface area contributed by atoms with Crippen molar-refractivity contribution in [1.82, 2.24) is 4.98 Å². The standard InChI is InChI=1S/C13H23N3O/c1-5-16(9-10(3)4)12-8-7-11(14)13(15-12)17-6-2/h7-8,10H,5-6,9,14H2,1-4H3. The van der Waals surface area contributed by atoms with E-state index in [-0.39, 0.29) is 0 Å². The summed E-state index contributed by atoms with van der Waals surface area (Å²) >= 11 is 0. The minimum atomic E-state index is 0.534. The van der Waals surface area contributed by atoms with Gasteiger partial charge >= 0.3 is 0 Å². The van der Waals surface area contributed by atoms with E-state index in [2.05, 4.69) is 30.7 Å². The molecule has 0 bridgehead atoms. The molecule has 0 aliphatic rings. The number of hydrogen-bond acceptors (Lipinski definition) is 4. The van der Waals surface area contributed by atoms with Gasteiger partial charge < -0.3 is 15.4 Å². The van der Waals surface area contributed by atoms with Crippen molar-refractivity contribution in [2.24, 2.45) is 5.92 Å². The smallest absolute Gasteiger partial charge is 0.239 e. The van der Waals surface area contributed by atoms with Crippen LogP contribution in [0.1, 0.15) is 27.7 Å². The van der Waals surface area contributed by atoms with Crippen molar-refractivity contribution < 1.29 is 4.74 Å². The van der Waals surface area contributed by atoms with Gasteiger partial charge in [-0.05, 0) is 31.9 Å². The topological polar surface area (TPSA) is 51.4 Å². The van der Waals surface area contributed by atoms with Crippen LogP contribution in [0.2, 0.25) is 0 Å². The lowest BCUT2D eigenvalue weighted by Gasteiger charge is -2.24. The number of nitrogens with zero attached hydrogens (tertiary/aromatic N) is 2. The summed E-state index contributed by atoms with van der Waals surface area (Å²) in [5.74, 6) is 2.07. The Morgan fingerprint density at radius 3 is 2.59 bits per heavy atom. The van der Waals surface area contributed by atoms with Crippen LogP contribution >= 0.6 is 0 Å². The van der Waals surface area contributed by atoms with Gasteiger partial charge in [0.05, 0.1) is 12.3 Å². The van der Waals surface area contributed by atoms with Gasteiger partial charge in [-0.1, -0.05) is 13.8 Å². The van der Waals surface area contributed by atoms with Crippen LogP contribution < -0.4 is 15.4 Å². The van der Waals surface area contributed by atoms with E-state index < -0.39 is 0 Å². The van der Waals surface area contributed by atoms with Gasteiger partial charge in [-0.25, -0.2) is 0 Å². The van der Waals surface area contributed by atoms with E-state index in [0.29, 0.717) is 24.1 Å². The number of ether oxygens (including phenoxy) is 1. The lowest BCUT2D eigenvalue weighted by Crippen LogP contribution is -2.28. The molecule has 2 N–H and O–H groups in total. The number of aromatic nitrogens is 1. The first-order valence-corrected chi connectivity index (χ1v) is 6.22. The molecule has 0 aliphatic carbocycles. The number of anilines is 2. The Balaban J connectivity index is 2.91. The number of nitrogens with two attached hydrogens (primary N) is 1. The molecule has 1 aromatic rings. The molecule has 0 unspecified atom stereocenters. The van der Waals surface area contributed by atoms with Crippen molar-refractivity contribution in [2.45, 2.75) is 27.7 Å². The molecule has 0 radical (unpaired) electrons. The van der Waals surface area contributed by atoms with Crippen molar-refractivity contribution in [3.05, 3.63) is 12.1 Å². The lowest BCUT2D eigenvalue weighted by molar-refractivity contribution is 0.329.